The molecule has 34 heavy (non-hydrogen) atoms. The van der Waals surface area contributed by atoms with E-state index in [9.17, 15) is 5.26 Å². The summed E-state index contributed by atoms with van der Waals surface area (Å²) in [4.78, 5) is 8.96. The molecule has 174 valence electrons. The molecule has 4 aromatic rings. The molecule has 0 aliphatic carbocycles. The zero-order valence-corrected chi connectivity index (χ0v) is 21.2. The molecule has 2 aromatic carbocycles. The lowest BCUT2D eigenvalue weighted by atomic mass is 9.77. The number of benzene rings is 2. The number of ether oxygens (including phenoxy) is 1. The van der Waals surface area contributed by atoms with Gasteiger partial charge in [-0.2, -0.15) is 10.2 Å². The first-order valence-corrected chi connectivity index (χ1v) is 12.6. The fraction of sp³-hybridized carbons (Fsp3) is 0.240. The van der Waals surface area contributed by atoms with Gasteiger partial charge in [0.25, 0.3) is 0 Å². The molecule has 0 aliphatic rings. The van der Waals surface area contributed by atoms with Gasteiger partial charge in [-0.15, -0.1) is 11.6 Å². The zero-order valence-electron chi connectivity index (χ0n) is 18.9. The molecule has 2 aromatic heterocycles. The fourth-order valence-corrected chi connectivity index (χ4v) is 4.27. The zero-order chi connectivity index (χ0) is 24.3. The molecule has 0 radical (unpaired) electrons. The van der Waals surface area contributed by atoms with Crippen LogP contribution in [0.25, 0.3) is 22.5 Å². The lowest BCUT2D eigenvalue weighted by Gasteiger charge is -2.27. The number of hydrogen-bond acceptors (Lipinski definition) is 7. The summed E-state index contributed by atoms with van der Waals surface area (Å²) in [6.45, 7) is 4.46. The molecule has 1 N–H and O–H groups in total. The van der Waals surface area contributed by atoms with Gasteiger partial charge in [-0.1, -0.05) is 61.7 Å². The van der Waals surface area contributed by atoms with Crippen LogP contribution in [0.1, 0.15) is 30.5 Å². The number of fused-ring (bicyclic) bond motifs is 1. The maximum absolute atomic E-state index is 9.63. The summed E-state index contributed by atoms with van der Waals surface area (Å²) in [6, 6.07) is 18.3. The summed E-state index contributed by atoms with van der Waals surface area (Å²) < 4.78 is 14.2. The van der Waals surface area contributed by atoms with Gasteiger partial charge >= 0.3 is 6.01 Å². The van der Waals surface area contributed by atoms with Crippen LogP contribution in [0, 0.1) is 11.3 Å². The van der Waals surface area contributed by atoms with Gasteiger partial charge in [0, 0.05) is 17.2 Å². The van der Waals surface area contributed by atoms with Gasteiger partial charge in [0.15, 0.2) is 5.75 Å². The normalized spacial score (nSPS) is 11.4. The molecule has 2 heterocycles. The Kier molecular flexibility index (Phi) is 7.22. The van der Waals surface area contributed by atoms with E-state index < -0.39 is 5.41 Å². The minimum absolute atomic E-state index is 0.281. The Balaban J connectivity index is 1.64. The number of rotatable bonds is 8. The highest BCUT2D eigenvalue weighted by molar-refractivity contribution is 7.99. The number of halogens is 2. The van der Waals surface area contributed by atoms with Crippen molar-refractivity contribution in [1.82, 2.24) is 9.97 Å². The second-order valence-corrected chi connectivity index (χ2v) is 9.43. The summed E-state index contributed by atoms with van der Waals surface area (Å²) in [7, 11) is 0. The highest BCUT2D eigenvalue weighted by Crippen LogP contribution is 2.38. The molecular formula is C25H22Cl2N4O2S. The summed E-state index contributed by atoms with van der Waals surface area (Å²) in [5.74, 6) is 0.680. The van der Waals surface area contributed by atoms with E-state index >= 15 is 0 Å². The fourth-order valence-electron chi connectivity index (χ4n) is 3.66. The van der Waals surface area contributed by atoms with E-state index in [1.165, 1.54) is 11.9 Å². The van der Waals surface area contributed by atoms with Gasteiger partial charge in [-0.05, 0) is 35.4 Å². The second kappa shape index (κ2) is 10.1. The van der Waals surface area contributed by atoms with Crippen LogP contribution in [-0.4, -0.2) is 28.7 Å². The van der Waals surface area contributed by atoms with Gasteiger partial charge in [-0.25, -0.2) is 4.98 Å². The van der Waals surface area contributed by atoms with Crippen molar-refractivity contribution in [3.8, 4) is 23.1 Å². The highest BCUT2D eigenvalue weighted by Gasteiger charge is 2.26. The van der Waals surface area contributed by atoms with Crippen molar-refractivity contribution in [1.29, 1.82) is 5.26 Å². The molecule has 0 spiro atoms. The Bertz CT molecular complexity index is 1360. The Morgan fingerprint density at radius 3 is 2.56 bits per heavy atom. The molecule has 6 nitrogen and oxygen atoms in total. The first kappa shape index (κ1) is 24.2. The third-order valence-corrected chi connectivity index (χ3v) is 6.37. The number of aromatic nitrogens is 2. The number of nitriles is 1. The van der Waals surface area contributed by atoms with Crippen LogP contribution >= 0.6 is 35.1 Å². The molecule has 0 saturated carbocycles. The van der Waals surface area contributed by atoms with Crippen LogP contribution in [-0.2, 0) is 5.41 Å². The Hall–Kier alpha value is -2.92. The van der Waals surface area contributed by atoms with Crippen LogP contribution < -0.4 is 9.46 Å². The number of pyridine rings is 1. The van der Waals surface area contributed by atoms with E-state index in [0.29, 0.717) is 39.5 Å². The van der Waals surface area contributed by atoms with Crippen molar-refractivity contribution in [3.63, 3.8) is 0 Å². The van der Waals surface area contributed by atoms with Crippen LogP contribution in [0.4, 0.5) is 6.01 Å². The van der Waals surface area contributed by atoms with E-state index in [1.54, 1.807) is 0 Å². The molecule has 0 unspecified atom stereocenters. The van der Waals surface area contributed by atoms with Crippen LogP contribution in [0.2, 0.25) is 5.02 Å². The summed E-state index contributed by atoms with van der Waals surface area (Å²) in [6.07, 6.45) is 1.90. The smallest absolute Gasteiger partial charge is 0.307 e. The van der Waals surface area contributed by atoms with Gasteiger partial charge in [-0.3, -0.25) is 4.72 Å². The summed E-state index contributed by atoms with van der Waals surface area (Å²) in [5.41, 5.74) is 4.89. The Morgan fingerprint density at radius 2 is 1.88 bits per heavy atom. The van der Waals surface area contributed by atoms with E-state index in [4.69, 9.17) is 32.4 Å². The lowest BCUT2D eigenvalue weighted by Crippen LogP contribution is -2.19. The van der Waals surface area contributed by atoms with Crippen molar-refractivity contribution in [3.05, 3.63) is 70.2 Å². The number of oxazole rings is 1. The lowest BCUT2D eigenvalue weighted by molar-refractivity contribution is 0.341. The molecular weight excluding hydrogens is 491 g/mol. The Labute approximate surface area is 212 Å². The van der Waals surface area contributed by atoms with E-state index in [0.717, 1.165) is 22.4 Å². The number of alkyl halides is 1. The molecule has 0 saturated heterocycles. The second-order valence-electron chi connectivity index (χ2n) is 8.03. The molecule has 9 heteroatoms. The van der Waals surface area contributed by atoms with E-state index in [2.05, 4.69) is 46.7 Å². The Morgan fingerprint density at radius 1 is 1.12 bits per heavy atom. The molecule has 4 rings (SSSR count). The van der Waals surface area contributed by atoms with Gasteiger partial charge in [0.05, 0.1) is 22.2 Å². The van der Waals surface area contributed by atoms with Crippen molar-refractivity contribution in [2.24, 2.45) is 0 Å². The average Bonchev–Trinajstić information content (AvgIpc) is 3.24. The largest absolute Gasteiger partial charge is 0.489 e. The maximum Gasteiger partial charge on any atom is 0.307 e. The third-order valence-electron chi connectivity index (χ3n) is 5.56. The van der Waals surface area contributed by atoms with Crippen molar-refractivity contribution >= 4 is 52.4 Å². The van der Waals surface area contributed by atoms with Crippen LogP contribution in [0.15, 0.2) is 52.9 Å². The van der Waals surface area contributed by atoms with Crippen molar-refractivity contribution < 1.29 is 9.15 Å². The maximum atomic E-state index is 9.63. The molecule has 0 aliphatic heterocycles. The minimum Gasteiger partial charge on any atom is -0.489 e. The predicted octanol–water partition coefficient (Wildman–Crippen LogP) is 7.05. The topological polar surface area (TPSA) is 84.0 Å². The number of anilines is 1. The van der Waals surface area contributed by atoms with Gasteiger partial charge < -0.3 is 9.15 Å². The van der Waals surface area contributed by atoms with Gasteiger partial charge in [0.2, 0.25) is 5.71 Å². The van der Waals surface area contributed by atoms with E-state index in [1.807, 2.05) is 42.7 Å². The van der Waals surface area contributed by atoms with Gasteiger partial charge in [0.1, 0.15) is 18.2 Å². The third kappa shape index (κ3) is 4.80. The first-order valence-electron chi connectivity index (χ1n) is 10.5. The standard InChI is InChI=1S/C25H22Cl2N4O2S/c1-25(2,18-12-16(14-28)22(19(27)13-18)32-11-10-26)17-6-4-15(5-7-17)20-8-9-21-23(29-20)33-24(30-21)31-34-3/h4-9,12-13H,10-11H2,1-3H3,(H,30,31). The number of nitrogens with one attached hydrogen (secondary N) is 1. The number of nitrogens with zero attached hydrogens (tertiary/aromatic N) is 3. The minimum atomic E-state index is -0.403. The molecule has 0 fully saturated rings. The molecule has 0 bridgehead atoms. The molecule has 0 atom stereocenters. The summed E-state index contributed by atoms with van der Waals surface area (Å²) in [5, 5.41) is 10.0. The van der Waals surface area contributed by atoms with Crippen LogP contribution in [0.5, 0.6) is 5.75 Å². The van der Waals surface area contributed by atoms with Crippen molar-refractivity contribution in [2.75, 3.05) is 23.5 Å². The van der Waals surface area contributed by atoms with Crippen LogP contribution in [0.3, 0.4) is 0 Å². The van der Waals surface area contributed by atoms with E-state index in [-0.39, 0.29) is 6.61 Å². The molecule has 0 amide bonds. The average molecular weight is 513 g/mol. The quantitative estimate of drug-likeness (QED) is 0.200. The highest BCUT2D eigenvalue weighted by atomic mass is 35.5. The predicted molar refractivity (Wildman–Crippen MR) is 139 cm³/mol. The monoisotopic (exact) mass is 512 g/mol. The first-order chi connectivity index (χ1) is 16.4. The number of hydrogen-bond donors (Lipinski definition) is 1. The van der Waals surface area contributed by atoms with Crippen molar-refractivity contribution in [2.45, 2.75) is 19.3 Å². The summed E-state index contributed by atoms with van der Waals surface area (Å²) >= 11 is 13.6. The SMILES string of the molecule is CSNc1nc2ccc(-c3ccc(C(C)(C)c4cc(Cl)c(OCCCl)c(C#N)c4)cc3)nc2o1.